The molecular formula is C15H13Cl2N7O3. The molecule has 0 radical (unpaired) electrons. The van der Waals surface area contributed by atoms with E-state index in [9.17, 15) is 14.9 Å². The fourth-order valence-corrected chi connectivity index (χ4v) is 2.93. The number of nitro groups is 1. The number of nitrogens with zero attached hydrogens (tertiary/aromatic N) is 6. The highest BCUT2D eigenvalue weighted by atomic mass is 35.5. The molecule has 3 rings (SSSR count). The number of hydrogen-bond donors (Lipinski definition) is 1. The van der Waals surface area contributed by atoms with Crippen molar-refractivity contribution in [2.75, 3.05) is 5.32 Å². The number of halogens is 2. The largest absolute Gasteiger partial charge is 0.320 e. The van der Waals surface area contributed by atoms with Gasteiger partial charge >= 0.3 is 5.69 Å². The number of rotatable bonds is 6. The van der Waals surface area contributed by atoms with Gasteiger partial charge in [-0.15, -0.1) is 5.10 Å². The molecule has 0 saturated heterocycles. The smallest absolute Gasteiger partial charge is 0.288 e. The molecule has 0 fully saturated rings. The van der Waals surface area contributed by atoms with Gasteiger partial charge in [0.25, 0.3) is 5.91 Å². The van der Waals surface area contributed by atoms with E-state index < -0.39 is 16.5 Å². The number of carbonyl (C=O) groups excluding carboxylic acids is 1. The van der Waals surface area contributed by atoms with Crippen molar-refractivity contribution in [1.29, 1.82) is 0 Å². The minimum absolute atomic E-state index is 0.0127. The summed E-state index contributed by atoms with van der Waals surface area (Å²) < 4.78 is 2.67. The fraction of sp³-hybridized carbons (Fsp3) is 0.200. The van der Waals surface area contributed by atoms with Crippen LogP contribution in [0.2, 0.25) is 10.0 Å². The summed E-state index contributed by atoms with van der Waals surface area (Å²) in [6.45, 7) is 2.26. The van der Waals surface area contributed by atoms with Crippen LogP contribution in [0.5, 0.6) is 0 Å². The van der Waals surface area contributed by atoms with E-state index in [1.807, 2.05) is 0 Å². The van der Waals surface area contributed by atoms with Crippen LogP contribution < -0.4 is 5.32 Å². The van der Waals surface area contributed by atoms with Crippen LogP contribution >= 0.6 is 23.2 Å². The van der Waals surface area contributed by atoms with Gasteiger partial charge in [0.05, 0.1) is 11.5 Å². The summed E-state index contributed by atoms with van der Waals surface area (Å²) in [5, 5.41) is 22.4. The van der Waals surface area contributed by atoms with Crippen LogP contribution in [0.15, 0.2) is 30.7 Å². The highest BCUT2D eigenvalue weighted by molar-refractivity contribution is 6.35. The zero-order chi connectivity index (χ0) is 19.6. The molecular weight excluding hydrogens is 397 g/mol. The highest BCUT2D eigenvalue weighted by Crippen LogP contribution is 2.25. The van der Waals surface area contributed by atoms with E-state index in [0.29, 0.717) is 22.2 Å². The zero-order valence-corrected chi connectivity index (χ0v) is 15.5. The monoisotopic (exact) mass is 409 g/mol. The summed E-state index contributed by atoms with van der Waals surface area (Å²) in [7, 11) is 0. The molecule has 10 nitrogen and oxygen atoms in total. The molecule has 0 bridgehead atoms. The first-order valence-corrected chi connectivity index (χ1v) is 8.50. The van der Waals surface area contributed by atoms with Crippen LogP contribution in [0.1, 0.15) is 23.0 Å². The predicted molar refractivity (Wildman–Crippen MR) is 98.1 cm³/mol. The van der Waals surface area contributed by atoms with Gasteiger partial charge in [-0.1, -0.05) is 29.3 Å². The predicted octanol–water partition coefficient (Wildman–Crippen LogP) is 3.01. The van der Waals surface area contributed by atoms with Crippen LogP contribution in [0, 0.1) is 10.1 Å². The molecule has 140 valence electrons. The molecule has 1 aromatic carbocycles. The Kier molecular flexibility index (Phi) is 5.38. The minimum atomic E-state index is -0.727. The quantitative estimate of drug-likeness (QED) is 0.493. The van der Waals surface area contributed by atoms with Crippen LogP contribution in [0.3, 0.4) is 0 Å². The number of aryl methyl sites for hydroxylation is 1. The van der Waals surface area contributed by atoms with Crippen LogP contribution in [-0.2, 0) is 13.1 Å². The first kappa shape index (κ1) is 18.8. The SMILES string of the molecule is CCn1ncc([N+](=O)[O-])c1C(=O)Nc1ncn(Cc2c(Cl)cccc2Cl)n1. The molecule has 2 heterocycles. The van der Waals surface area contributed by atoms with Crippen molar-refractivity contribution < 1.29 is 9.72 Å². The van der Waals surface area contributed by atoms with E-state index in [4.69, 9.17) is 23.2 Å². The third-order valence-corrected chi connectivity index (χ3v) is 4.38. The van der Waals surface area contributed by atoms with Crippen molar-refractivity contribution in [3.63, 3.8) is 0 Å². The number of benzene rings is 1. The first-order valence-electron chi connectivity index (χ1n) is 7.74. The van der Waals surface area contributed by atoms with Crippen molar-refractivity contribution in [1.82, 2.24) is 24.5 Å². The van der Waals surface area contributed by atoms with Gasteiger partial charge in [-0.2, -0.15) is 5.10 Å². The number of anilines is 1. The molecule has 0 aliphatic heterocycles. The molecule has 0 atom stereocenters. The lowest BCUT2D eigenvalue weighted by Crippen LogP contribution is -2.19. The van der Waals surface area contributed by atoms with E-state index >= 15 is 0 Å². The molecule has 0 aliphatic carbocycles. The van der Waals surface area contributed by atoms with Crippen molar-refractivity contribution in [3.8, 4) is 0 Å². The third kappa shape index (κ3) is 3.91. The number of hydrogen-bond acceptors (Lipinski definition) is 6. The number of nitrogens with one attached hydrogen (secondary N) is 1. The molecule has 1 N–H and O–H groups in total. The minimum Gasteiger partial charge on any atom is -0.288 e. The van der Waals surface area contributed by atoms with Gasteiger partial charge in [0, 0.05) is 22.2 Å². The van der Waals surface area contributed by atoms with Gasteiger partial charge in [-0.25, -0.2) is 9.67 Å². The van der Waals surface area contributed by atoms with Crippen LogP contribution in [-0.4, -0.2) is 35.4 Å². The Hall–Kier alpha value is -2.98. The lowest BCUT2D eigenvalue weighted by molar-refractivity contribution is -0.385. The van der Waals surface area contributed by atoms with Gasteiger partial charge in [-0.05, 0) is 19.1 Å². The molecule has 27 heavy (non-hydrogen) atoms. The summed E-state index contributed by atoms with van der Waals surface area (Å²) in [6.07, 6.45) is 2.42. The van der Waals surface area contributed by atoms with E-state index in [1.165, 1.54) is 15.7 Å². The first-order chi connectivity index (χ1) is 12.9. The average Bonchev–Trinajstić information content (AvgIpc) is 3.24. The standard InChI is InChI=1S/C15H13Cl2N7O3/c1-2-23-13(12(6-19-23)24(26)27)14(25)20-15-18-8-22(21-15)7-9-10(16)4-3-5-11(9)17/h3-6,8H,2,7H2,1H3,(H,20,21,25). The Balaban J connectivity index is 1.79. The van der Waals surface area contributed by atoms with Gasteiger partial charge in [-0.3, -0.25) is 24.9 Å². The second kappa shape index (κ2) is 7.72. The van der Waals surface area contributed by atoms with Crippen LogP contribution in [0.25, 0.3) is 0 Å². The maximum atomic E-state index is 12.4. The lowest BCUT2D eigenvalue weighted by Gasteiger charge is -2.06. The molecule has 2 aromatic heterocycles. The van der Waals surface area contributed by atoms with E-state index in [0.717, 1.165) is 6.20 Å². The van der Waals surface area contributed by atoms with E-state index in [-0.39, 0.29) is 18.2 Å². The van der Waals surface area contributed by atoms with Crippen molar-refractivity contribution in [3.05, 3.63) is 62.1 Å². The molecule has 3 aromatic rings. The normalized spacial score (nSPS) is 10.8. The zero-order valence-electron chi connectivity index (χ0n) is 14.0. The third-order valence-electron chi connectivity index (χ3n) is 3.68. The Bertz CT molecular complexity index is 995. The molecule has 0 aliphatic rings. The number of aromatic nitrogens is 5. The average molecular weight is 410 g/mol. The summed E-state index contributed by atoms with van der Waals surface area (Å²) >= 11 is 12.3. The van der Waals surface area contributed by atoms with Gasteiger partial charge in [0.1, 0.15) is 12.5 Å². The fourth-order valence-electron chi connectivity index (χ4n) is 2.42. The molecule has 0 spiro atoms. The van der Waals surface area contributed by atoms with E-state index in [2.05, 4.69) is 20.5 Å². The summed E-state index contributed by atoms with van der Waals surface area (Å²) in [5.74, 6) is -0.740. The molecule has 12 heteroatoms. The summed E-state index contributed by atoms with van der Waals surface area (Å²) in [6, 6.07) is 5.13. The maximum absolute atomic E-state index is 12.4. The van der Waals surface area contributed by atoms with Crippen LogP contribution in [0.4, 0.5) is 11.6 Å². The Morgan fingerprint density at radius 3 is 2.67 bits per heavy atom. The topological polar surface area (TPSA) is 121 Å². The number of amides is 1. The van der Waals surface area contributed by atoms with Crippen molar-refractivity contribution in [2.45, 2.75) is 20.0 Å². The lowest BCUT2D eigenvalue weighted by atomic mass is 10.2. The Morgan fingerprint density at radius 1 is 1.33 bits per heavy atom. The number of carbonyl (C=O) groups is 1. The van der Waals surface area contributed by atoms with E-state index in [1.54, 1.807) is 25.1 Å². The molecule has 0 saturated carbocycles. The van der Waals surface area contributed by atoms with Gasteiger partial charge in [0.15, 0.2) is 0 Å². The van der Waals surface area contributed by atoms with Gasteiger partial charge in [0.2, 0.25) is 11.6 Å². The second-order valence-electron chi connectivity index (χ2n) is 5.37. The Labute approximate surface area is 162 Å². The second-order valence-corrected chi connectivity index (χ2v) is 6.19. The molecule has 1 amide bonds. The van der Waals surface area contributed by atoms with Crippen molar-refractivity contribution >= 4 is 40.7 Å². The highest BCUT2D eigenvalue weighted by Gasteiger charge is 2.27. The van der Waals surface area contributed by atoms with Crippen molar-refractivity contribution in [2.24, 2.45) is 0 Å². The molecule has 0 unspecified atom stereocenters. The Morgan fingerprint density at radius 2 is 2.04 bits per heavy atom. The summed E-state index contributed by atoms with van der Waals surface area (Å²) in [5.41, 5.74) is 0.0907. The maximum Gasteiger partial charge on any atom is 0.320 e. The summed E-state index contributed by atoms with van der Waals surface area (Å²) in [4.78, 5) is 26.9. The van der Waals surface area contributed by atoms with Gasteiger partial charge < -0.3 is 0 Å².